The Kier molecular flexibility index (Phi) is 5.79. The van der Waals surface area contributed by atoms with Gasteiger partial charge in [0.1, 0.15) is 0 Å². The fourth-order valence-corrected chi connectivity index (χ4v) is 1.56. The summed E-state index contributed by atoms with van der Waals surface area (Å²) < 4.78 is 0. The number of rotatable bonds is 7. The molecule has 0 saturated carbocycles. The lowest BCUT2D eigenvalue weighted by atomic mass is 10.1. The summed E-state index contributed by atoms with van der Waals surface area (Å²) in [5.41, 5.74) is 0. The van der Waals surface area contributed by atoms with Crippen molar-refractivity contribution in [2.24, 2.45) is 5.92 Å². The molecule has 0 saturated heterocycles. The van der Waals surface area contributed by atoms with Gasteiger partial charge in [-0.05, 0) is 26.7 Å². The molecule has 0 bridgehead atoms. The van der Waals surface area contributed by atoms with E-state index < -0.39 is 0 Å². The molecule has 1 unspecified atom stereocenters. The van der Waals surface area contributed by atoms with Crippen molar-refractivity contribution in [2.75, 3.05) is 35.7 Å². The first-order chi connectivity index (χ1) is 9.01. The van der Waals surface area contributed by atoms with E-state index in [1.54, 1.807) is 0 Å². The topological polar surface area (TPSA) is 66.0 Å². The van der Waals surface area contributed by atoms with Gasteiger partial charge < -0.3 is 15.5 Å². The Hall–Kier alpha value is -1.59. The third-order valence-electron chi connectivity index (χ3n) is 3.25. The molecule has 6 heteroatoms. The van der Waals surface area contributed by atoms with Crippen molar-refractivity contribution < 1.29 is 0 Å². The second-order valence-corrected chi connectivity index (χ2v) is 4.88. The summed E-state index contributed by atoms with van der Waals surface area (Å²) in [4.78, 5) is 15.4. The molecule has 1 atom stereocenters. The molecule has 0 aliphatic carbocycles. The summed E-state index contributed by atoms with van der Waals surface area (Å²) in [7, 11) is 1.82. The van der Waals surface area contributed by atoms with E-state index in [9.17, 15) is 0 Å². The summed E-state index contributed by atoms with van der Waals surface area (Å²) in [5, 5.41) is 6.31. The van der Waals surface area contributed by atoms with Crippen LogP contribution in [0.15, 0.2) is 0 Å². The minimum absolute atomic E-state index is 0.316. The van der Waals surface area contributed by atoms with Gasteiger partial charge in [0.25, 0.3) is 0 Å². The molecule has 0 aromatic carbocycles. The van der Waals surface area contributed by atoms with Crippen LogP contribution in [-0.4, -0.2) is 41.1 Å². The lowest BCUT2D eigenvalue weighted by Gasteiger charge is -2.21. The maximum absolute atomic E-state index is 4.50. The number of nitrogens with zero attached hydrogens (tertiary/aromatic N) is 4. The number of nitrogens with one attached hydrogen (secondary N) is 2. The SMILES string of the molecule is CCN(CC)c1nc(NC)nc(NC(C)C(C)C)n1. The Bertz CT molecular complexity index is 389. The van der Waals surface area contributed by atoms with Crippen molar-refractivity contribution >= 4 is 17.8 Å². The maximum Gasteiger partial charge on any atom is 0.231 e. The van der Waals surface area contributed by atoms with E-state index in [1.165, 1.54) is 0 Å². The molecule has 0 fully saturated rings. The van der Waals surface area contributed by atoms with Gasteiger partial charge in [0.05, 0.1) is 0 Å². The monoisotopic (exact) mass is 266 g/mol. The van der Waals surface area contributed by atoms with Gasteiger partial charge in [-0.25, -0.2) is 0 Å². The van der Waals surface area contributed by atoms with Gasteiger partial charge >= 0.3 is 0 Å². The van der Waals surface area contributed by atoms with E-state index >= 15 is 0 Å². The van der Waals surface area contributed by atoms with Crippen molar-refractivity contribution in [1.29, 1.82) is 0 Å². The standard InChI is InChI=1S/C13H26N6/c1-7-19(8-2)13-17-11(14-6)16-12(18-13)15-10(5)9(3)4/h9-10H,7-8H2,1-6H3,(H2,14,15,16,17,18). The van der Waals surface area contributed by atoms with Crippen LogP contribution >= 0.6 is 0 Å². The molecule has 0 amide bonds. The molecule has 0 radical (unpaired) electrons. The van der Waals surface area contributed by atoms with Gasteiger partial charge in [-0.2, -0.15) is 15.0 Å². The first-order valence-electron chi connectivity index (χ1n) is 6.97. The minimum Gasteiger partial charge on any atom is -0.357 e. The molecule has 6 nitrogen and oxygen atoms in total. The smallest absolute Gasteiger partial charge is 0.231 e. The average molecular weight is 266 g/mol. The van der Waals surface area contributed by atoms with Crippen molar-refractivity contribution in [1.82, 2.24) is 15.0 Å². The van der Waals surface area contributed by atoms with Crippen LogP contribution in [0.1, 0.15) is 34.6 Å². The van der Waals surface area contributed by atoms with E-state index in [0.29, 0.717) is 29.8 Å². The quantitative estimate of drug-likeness (QED) is 0.789. The summed E-state index contributed by atoms with van der Waals surface area (Å²) in [6, 6.07) is 0.316. The van der Waals surface area contributed by atoms with E-state index in [-0.39, 0.29) is 0 Å². The Morgan fingerprint density at radius 1 is 1.00 bits per heavy atom. The Labute approximate surface area is 116 Å². The van der Waals surface area contributed by atoms with Gasteiger partial charge in [0, 0.05) is 26.2 Å². The highest BCUT2D eigenvalue weighted by Crippen LogP contribution is 2.15. The highest BCUT2D eigenvalue weighted by Gasteiger charge is 2.13. The highest BCUT2D eigenvalue weighted by molar-refractivity contribution is 5.43. The molecule has 1 aromatic rings. The second kappa shape index (κ2) is 7.11. The summed E-state index contributed by atoms with van der Waals surface area (Å²) in [6.45, 7) is 12.4. The molecule has 0 spiro atoms. The number of aromatic nitrogens is 3. The van der Waals surface area contributed by atoms with Crippen LogP contribution in [0.4, 0.5) is 17.8 Å². The van der Waals surface area contributed by atoms with Crippen LogP contribution in [0.25, 0.3) is 0 Å². The number of anilines is 3. The molecule has 1 heterocycles. The lowest BCUT2D eigenvalue weighted by molar-refractivity contribution is 0.556. The molecular weight excluding hydrogens is 240 g/mol. The average Bonchev–Trinajstić information content (AvgIpc) is 2.39. The third kappa shape index (κ3) is 4.22. The predicted octanol–water partition coefficient (Wildman–Crippen LogP) is 2.22. The minimum atomic E-state index is 0.316. The van der Waals surface area contributed by atoms with Gasteiger partial charge in [0.2, 0.25) is 17.8 Å². The second-order valence-electron chi connectivity index (χ2n) is 4.88. The summed E-state index contributed by atoms with van der Waals surface area (Å²) in [6.07, 6.45) is 0. The Morgan fingerprint density at radius 2 is 1.58 bits per heavy atom. The molecule has 0 aliphatic heterocycles. The molecular formula is C13H26N6. The van der Waals surface area contributed by atoms with Crippen LogP contribution < -0.4 is 15.5 Å². The van der Waals surface area contributed by atoms with Gasteiger partial charge in [-0.1, -0.05) is 13.8 Å². The lowest BCUT2D eigenvalue weighted by Crippen LogP contribution is -2.27. The largest absolute Gasteiger partial charge is 0.357 e. The summed E-state index contributed by atoms with van der Waals surface area (Å²) >= 11 is 0. The third-order valence-corrected chi connectivity index (χ3v) is 3.25. The fourth-order valence-electron chi connectivity index (χ4n) is 1.56. The van der Waals surface area contributed by atoms with Gasteiger partial charge in [-0.15, -0.1) is 0 Å². The first-order valence-corrected chi connectivity index (χ1v) is 6.97. The zero-order valence-corrected chi connectivity index (χ0v) is 12.9. The number of hydrogen-bond donors (Lipinski definition) is 2. The van der Waals surface area contributed by atoms with Crippen LogP contribution in [0, 0.1) is 5.92 Å². The fraction of sp³-hybridized carbons (Fsp3) is 0.769. The molecule has 108 valence electrons. The summed E-state index contributed by atoms with van der Waals surface area (Å²) in [5.74, 6) is 2.45. The van der Waals surface area contributed by atoms with Crippen molar-refractivity contribution in [2.45, 2.75) is 40.7 Å². The Morgan fingerprint density at radius 3 is 2.05 bits per heavy atom. The van der Waals surface area contributed by atoms with E-state index in [0.717, 1.165) is 13.1 Å². The number of hydrogen-bond acceptors (Lipinski definition) is 6. The van der Waals surface area contributed by atoms with Crippen molar-refractivity contribution in [3.05, 3.63) is 0 Å². The first kappa shape index (κ1) is 15.5. The molecule has 0 aliphatic rings. The molecule has 2 N–H and O–H groups in total. The van der Waals surface area contributed by atoms with Crippen LogP contribution in [0.2, 0.25) is 0 Å². The van der Waals surface area contributed by atoms with E-state index in [2.05, 4.69) is 65.1 Å². The molecule has 1 rings (SSSR count). The van der Waals surface area contributed by atoms with E-state index in [4.69, 9.17) is 0 Å². The van der Waals surface area contributed by atoms with Crippen molar-refractivity contribution in [3.63, 3.8) is 0 Å². The van der Waals surface area contributed by atoms with Gasteiger partial charge in [-0.3, -0.25) is 0 Å². The zero-order valence-electron chi connectivity index (χ0n) is 12.9. The molecule has 19 heavy (non-hydrogen) atoms. The van der Waals surface area contributed by atoms with Crippen LogP contribution in [-0.2, 0) is 0 Å². The van der Waals surface area contributed by atoms with E-state index in [1.807, 2.05) is 7.05 Å². The predicted molar refractivity (Wildman–Crippen MR) is 80.9 cm³/mol. The van der Waals surface area contributed by atoms with Crippen LogP contribution in [0.3, 0.4) is 0 Å². The highest BCUT2D eigenvalue weighted by atomic mass is 15.3. The Balaban J connectivity index is 3.01. The molecule has 1 aromatic heterocycles. The normalized spacial score (nSPS) is 12.4. The maximum atomic E-state index is 4.50. The zero-order chi connectivity index (χ0) is 14.4. The van der Waals surface area contributed by atoms with Crippen LogP contribution in [0.5, 0.6) is 0 Å². The van der Waals surface area contributed by atoms with Gasteiger partial charge in [0.15, 0.2) is 0 Å². The van der Waals surface area contributed by atoms with Crippen molar-refractivity contribution in [3.8, 4) is 0 Å².